The molecule has 33 heavy (non-hydrogen) atoms. The molecule has 1 fully saturated rings. The lowest BCUT2D eigenvalue weighted by atomic mass is 10.1. The molecule has 2 aromatic rings. The van der Waals surface area contributed by atoms with E-state index in [1.165, 1.54) is 9.13 Å². The first kappa shape index (κ1) is 21.1. The molecular formula is C22H26N8O3. The Morgan fingerprint density at radius 3 is 2.97 bits per heavy atom. The number of rotatable bonds is 4. The van der Waals surface area contributed by atoms with Gasteiger partial charge >= 0.3 is 5.69 Å². The number of piperidine rings is 1. The van der Waals surface area contributed by atoms with E-state index in [0.29, 0.717) is 30.2 Å². The van der Waals surface area contributed by atoms with Crippen molar-refractivity contribution in [2.24, 2.45) is 12.8 Å². The molecule has 1 unspecified atom stereocenters. The highest BCUT2D eigenvalue weighted by atomic mass is 16.8. The molecule has 1 saturated heterocycles. The Morgan fingerprint density at radius 2 is 2.18 bits per heavy atom. The summed E-state index contributed by atoms with van der Waals surface area (Å²) in [5.74, 6) is 6.56. The van der Waals surface area contributed by atoms with E-state index in [-0.39, 0.29) is 12.6 Å². The molecule has 0 aliphatic carbocycles. The second kappa shape index (κ2) is 8.31. The van der Waals surface area contributed by atoms with Crippen LogP contribution in [0.5, 0.6) is 0 Å². The molecule has 3 aliphatic rings. The van der Waals surface area contributed by atoms with Gasteiger partial charge in [0.15, 0.2) is 11.2 Å². The zero-order chi connectivity index (χ0) is 23.1. The number of hydrogen-bond donors (Lipinski definition) is 2. The first-order chi connectivity index (χ1) is 16.0. The van der Waals surface area contributed by atoms with Crippen LogP contribution >= 0.6 is 0 Å². The number of nitrogens with two attached hydrogens (primary N) is 1. The fraction of sp³-hybridized carbons (Fsp3) is 0.409. The largest absolute Gasteiger partial charge is 0.341 e. The van der Waals surface area contributed by atoms with E-state index in [2.05, 4.69) is 22.2 Å². The molecule has 0 radical (unpaired) electrons. The molecule has 11 nitrogen and oxygen atoms in total. The van der Waals surface area contributed by atoms with Gasteiger partial charge in [-0.25, -0.2) is 15.3 Å². The Morgan fingerprint density at radius 1 is 1.33 bits per heavy atom. The van der Waals surface area contributed by atoms with Crippen LogP contribution < -0.4 is 27.4 Å². The number of fused-ring (bicyclic) bond motifs is 2. The summed E-state index contributed by atoms with van der Waals surface area (Å²) in [7, 11) is 1.64. The summed E-state index contributed by atoms with van der Waals surface area (Å²) < 4.78 is 4.48. The van der Waals surface area contributed by atoms with Gasteiger partial charge in [0, 0.05) is 32.4 Å². The van der Waals surface area contributed by atoms with E-state index in [1.807, 2.05) is 10.6 Å². The Balaban J connectivity index is 1.64. The first-order valence-corrected chi connectivity index (χ1v) is 10.9. The predicted octanol–water partition coefficient (Wildman–Crippen LogP) is -0.106. The number of imidazole rings is 1. The lowest BCUT2D eigenvalue weighted by Crippen LogP contribution is -2.44. The van der Waals surface area contributed by atoms with Crippen molar-refractivity contribution in [1.29, 1.82) is 0 Å². The molecule has 0 bridgehead atoms. The smallest absolute Gasteiger partial charge is 0.332 e. The van der Waals surface area contributed by atoms with Gasteiger partial charge in [-0.05, 0) is 37.5 Å². The highest BCUT2D eigenvalue weighted by Gasteiger charge is 2.26. The van der Waals surface area contributed by atoms with Crippen LogP contribution in [-0.4, -0.2) is 42.9 Å². The van der Waals surface area contributed by atoms with Crippen LogP contribution in [0.25, 0.3) is 11.2 Å². The summed E-state index contributed by atoms with van der Waals surface area (Å²) in [6, 6.07) is 0.0395. The molecule has 1 atom stereocenters. The van der Waals surface area contributed by atoms with Gasteiger partial charge in [0.1, 0.15) is 0 Å². The van der Waals surface area contributed by atoms with Crippen LogP contribution in [-0.2, 0) is 25.1 Å². The number of aryl methyl sites for hydroxylation is 1. The third kappa shape index (κ3) is 3.63. The van der Waals surface area contributed by atoms with Gasteiger partial charge in [0.25, 0.3) is 5.56 Å². The van der Waals surface area contributed by atoms with E-state index in [1.54, 1.807) is 37.5 Å². The van der Waals surface area contributed by atoms with Crippen molar-refractivity contribution in [3.05, 3.63) is 56.7 Å². The predicted molar refractivity (Wildman–Crippen MR) is 123 cm³/mol. The minimum Gasteiger partial charge on any atom is -0.341 e. The van der Waals surface area contributed by atoms with E-state index in [4.69, 9.17) is 15.7 Å². The van der Waals surface area contributed by atoms with E-state index < -0.39 is 11.2 Å². The zero-order valence-electron chi connectivity index (χ0n) is 18.6. The van der Waals surface area contributed by atoms with Crippen molar-refractivity contribution in [2.45, 2.75) is 38.9 Å². The van der Waals surface area contributed by atoms with Gasteiger partial charge in [-0.2, -0.15) is 9.92 Å². The van der Waals surface area contributed by atoms with Crippen molar-refractivity contribution < 1.29 is 4.94 Å². The quantitative estimate of drug-likeness (QED) is 0.621. The third-order valence-corrected chi connectivity index (χ3v) is 6.08. The van der Waals surface area contributed by atoms with Crippen LogP contribution in [0.15, 0.2) is 45.4 Å². The van der Waals surface area contributed by atoms with Crippen LogP contribution in [0.4, 0.5) is 5.95 Å². The number of anilines is 1. The van der Waals surface area contributed by atoms with Crippen molar-refractivity contribution in [1.82, 2.24) is 29.2 Å². The molecule has 0 amide bonds. The first-order valence-electron chi connectivity index (χ1n) is 10.9. The van der Waals surface area contributed by atoms with Gasteiger partial charge in [-0.1, -0.05) is 5.92 Å². The van der Waals surface area contributed by atoms with E-state index in [9.17, 15) is 9.59 Å². The maximum atomic E-state index is 13.6. The fourth-order valence-electron chi connectivity index (χ4n) is 4.40. The summed E-state index contributed by atoms with van der Waals surface area (Å²) in [5.41, 5.74) is 10.3. The van der Waals surface area contributed by atoms with E-state index >= 15 is 0 Å². The third-order valence-electron chi connectivity index (χ3n) is 6.08. The molecule has 0 saturated carbocycles. The Kier molecular flexibility index (Phi) is 5.32. The Bertz CT molecular complexity index is 1380. The fourth-order valence-corrected chi connectivity index (χ4v) is 4.40. The molecule has 172 valence electrons. The molecule has 11 heteroatoms. The minimum absolute atomic E-state index is 0.0395. The Labute approximate surface area is 189 Å². The summed E-state index contributed by atoms with van der Waals surface area (Å²) >= 11 is 0. The molecule has 5 rings (SSSR count). The standard InChI is InChI=1S/C22H26N8O3/c1-3-4-9-28-18-19(25-21(28)27-8-5-6-16(23)14-27)26(2)22(32)29(20(18)31)13-15-7-10-30-17(11-15)12-24-33-30/h7,10-12,16,24H,5-6,8-9,13-14,23H2,1-2H3. The summed E-state index contributed by atoms with van der Waals surface area (Å²) in [6.45, 7) is 3.61. The molecule has 0 aromatic carbocycles. The summed E-state index contributed by atoms with van der Waals surface area (Å²) in [6.07, 6.45) is 8.99. The van der Waals surface area contributed by atoms with Crippen LogP contribution in [0.1, 0.15) is 19.8 Å². The normalized spacial score (nSPS) is 19.7. The van der Waals surface area contributed by atoms with Crippen molar-refractivity contribution >= 4 is 17.1 Å². The van der Waals surface area contributed by atoms with Gasteiger partial charge in [-0.3, -0.25) is 18.5 Å². The SMILES string of the molecule is CC#CCn1c(N2CCCC(N)C2)nc2c1c(=O)n(CC1=CC3=CNON3C=C1)c(=O)n2C. The number of nitrogens with zero attached hydrogens (tertiary/aromatic N) is 6. The lowest BCUT2D eigenvalue weighted by molar-refractivity contribution is -0.112. The van der Waals surface area contributed by atoms with Crippen LogP contribution in [0.3, 0.4) is 0 Å². The number of allylic oxidation sites excluding steroid dienone is 3. The highest BCUT2D eigenvalue weighted by molar-refractivity contribution is 5.75. The number of nitrogens with one attached hydrogen (secondary N) is 1. The minimum atomic E-state index is -0.424. The molecule has 0 spiro atoms. The van der Waals surface area contributed by atoms with Crippen LogP contribution in [0.2, 0.25) is 0 Å². The van der Waals surface area contributed by atoms with Crippen molar-refractivity contribution in [3.8, 4) is 11.8 Å². The monoisotopic (exact) mass is 450 g/mol. The van der Waals surface area contributed by atoms with Crippen molar-refractivity contribution in [2.75, 3.05) is 18.0 Å². The lowest BCUT2D eigenvalue weighted by Gasteiger charge is -2.31. The van der Waals surface area contributed by atoms with Gasteiger partial charge in [-0.15, -0.1) is 5.92 Å². The molecule has 3 N–H and O–H groups in total. The Hall–Kier alpha value is -3.75. The average Bonchev–Trinajstić information content (AvgIpc) is 3.43. The molecule has 3 aliphatic heterocycles. The molecule has 5 heterocycles. The second-order valence-electron chi connectivity index (χ2n) is 8.32. The number of hydroxylamine groups is 3. The highest BCUT2D eigenvalue weighted by Crippen LogP contribution is 2.23. The summed E-state index contributed by atoms with van der Waals surface area (Å²) in [4.78, 5) is 38.8. The maximum Gasteiger partial charge on any atom is 0.332 e. The van der Waals surface area contributed by atoms with Crippen LogP contribution in [0, 0.1) is 11.8 Å². The zero-order valence-corrected chi connectivity index (χ0v) is 18.6. The van der Waals surface area contributed by atoms with E-state index in [0.717, 1.165) is 30.7 Å². The number of hydrogen-bond acceptors (Lipinski definition) is 8. The summed E-state index contributed by atoms with van der Waals surface area (Å²) in [5, 5.41) is 1.56. The molecule has 2 aromatic heterocycles. The second-order valence-corrected chi connectivity index (χ2v) is 8.32. The van der Waals surface area contributed by atoms with Gasteiger partial charge < -0.3 is 10.6 Å². The van der Waals surface area contributed by atoms with Gasteiger partial charge in [0.2, 0.25) is 5.95 Å². The van der Waals surface area contributed by atoms with Gasteiger partial charge in [0.05, 0.1) is 25.0 Å². The number of aromatic nitrogens is 4. The average molecular weight is 451 g/mol. The molecular weight excluding hydrogens is 424 g/mol. The topological polar surface area (TPSA) is 116 Å². The maximum absolute atomic E-state index is 13.6. The van der Waals surface area contributed by atoms with Crippen molar-refractivity contribution in [3.63, 3.8) is 0 Å².